The highest BCUT2D eigenvalue weighted by Gasteiger charge is 2.18. The molecule has 0 spiro atoms. The van der Waals surface area contributed by atoms with Gasteiger partial charge in [0.1, 0.15) is 0 Å². The molecular formula is C23H30N4O2. The number of benzene rings is 2. The summed E-state index contributed by atoms with van der Waals surface area (Å²) in [5, 5.41) is 3.03. The molecule has 0 atom stereocenters. The number of nitrogens with one attached hydrogen (secondary N) is 1. The molecule has 0 radical (unpaired) electrons. The fourth-order valence-electron chi connectivity index (χ4n) is 3.93. The minimum atomic E-state index is 0.0783. The van der Waals surface area contributed by atoms with Gasteiger partial charge in [0.2, 0.25) is 5.91 Å². The Balaban J connectivity index is 1.18. The number of anilines is 3. The molecule has 2 saturated heterocycles. The predicted molar refractivity (Wildman–Crippen MR) is 118 cm³/mol. The molecule has 1 amide bonds. The van der Waals surface area contributed by atoms with Gasteiger partial charge in [0.15, 0.2) is 0 Å². The van der Waals surface area contributed by atoms with Crippen LogP contribution in [-0.2, 0) is 9.53 Å². The van der Waals surface area contributed by atoms with Crippen molar-refractivity contribution >= 4 is 23.0 Å². The number of rotatable bonds is 6. The number of hydrogen-bond donors (Lipinski definition) is 1. The van der Waals surface area contributed by atoms with E-state index in [1.54, 1.807) is 0 Å². The van der Waals surface area contributed by atoms with Gasteiger partial charge in [0.25, 0.3) is 0 Å². The summed E-state index contributed by atoms with van der Waals surface area (Å²) in [6, 6.07) is 18.7. The summed E-state index contributed by atoms with van der Waals surface area (Å²) in [7, 11) is 0. The van der Waals surface area contributed by atoms with Crippen LogP contribution in [0.1, 0.15) is 6.42 Å². The third-order valence-electron chi connectivity index (χ3n) is 5.68. The van der Waals surface area contributed by atoms with E-state index >= 15 is 0 Å². The first-order valence-electron chi connectivity index (χ1n) is 10.5. The maximum atomic E-state index is 12.4. The standard InChI is InChI=1S/C23H30N4O2/c28-23(24-20-6-8-22(9-7-20)27-16-18-29-19-17-27)10-11-25-12-14-26(15-13-25)21-4-2-1-3-5-21/h1-9H,10-19H2,(H,24,28). The maximum absolute atomic E-state index is 12.4. The first kappa shape index (κ1) is 19.7. The maximum Gasteiger partial charge on any atom is 0.225 e. The molecule has 0 bridgehead atoms. The molecule has 0 unspecified atom stereocenters. The fourth-order valence-corrected chi connectivity index (χ4v) is 3.93. The molecule has 6 heteroatoms. The zero-order valence-electron chi connectivity index (χ0n) is 16.9. The summed E-state index contributed by atoms with van der Waals surface area (Å²) < 4.78 is 5.40. The monoisotopic (exact) mass is 394 g/mol. The molecule has 154 valence electrons. The van der Waals surface area contributed by atoms with Crippen molar-refractivity contribution in [3.05, 3.63) is 54.6 Å². The van der Waals surface area contributed by atoms with Crippen molar-refractivity contribution < 1.29 is 9.53 Å². The molecular weight excluding hydrogens is 364 g/mol. The molecule has 4 rings (SSSR count). The lowest BCUT2D eigenvalue weighted by Crippen LogP contribution is -2.47. The number of piperazine rings is 1. The molecule has 2 aliphatic heterocycles. The van der Waals surface area contributed by atoms with Gasteiger partial charge in [0, 0.05) is 69.3 Å². The summed E-state index contributed by atoms with van der Waals surface area (Å²) in [5.41, 5.74) is 3.33. The second-order valence-electron chi connectivity index (χ2n) is 7.61. The minimum absolute atomic E-state index is 0.0783. The number of morpholine rings is 1. The molecule has 2 aliphatic rings. The molecule has 0 saturated carbocycles. The number of carbonyl (C=O) groups is 1. The highest BCUT2D eigenvalue weighted by atomic mass is 16.5. The van der Waals surface area contributed by atoms with Crippen LogP contribution in [0.25, 0.3) is 0 Å². The fraction of sp³-hybridized carbons (Fsp3) is 0.435. The lowest BCUT2D eigenvalue weighted by Gasteiger charge is -2.36. The topological polar surface area (TPSA) is 48.1 Å². The van der Waals surface area contributed by atoms with Crippen molar-refractivity contribution in [3.63, 3.8) is 0 Å². The molecule has 1 N–H and O–H groups in total. The van der Waals surface area contributed by atoms with E-state index < -0.39 is 0 Å². The van der Waals surface area contributed by atoms with Gasteiger partial charge in [0.05, 0.1) is 13.2 Å². The molecule has 6 nitrogen and oxygen atoms in total. The number of ether oxygens (including phenoxy) is 1. The molecule has 2 heterocycles. The second kappa shape index (κ2) is 9.76. The third-order valence-corrected chi connectivity index (χ3v) is 5.68. The van der Waals surface area contributed by atoms with Gasteiger partial charge < -0.3 is 19.9 Å². The molecule has 2 aromatic carbocycles. The smallest absolute Gasteiger partial charge is 0.225 e. The summed E-state index contributed by atoms with van der Waals surface area (Å²) in [4.78, 5) is 19.4. The van der Waals surface area contributed by atoms with E-state index in [1.165, 1.54) is 11.4 Å². The normalized spacial score (nSPS) is 17.9. The van der Waals surface area contributed by atoms with Crippen LogP contribution in [0, 0.1) is 0 Å². The number of amides is 1. The van der Waals surface area contributed by atoms with E-state index in [4.69, 9.17) is 4.74 Å². The van der Waals surface area contributed by atoms with Crippen molar-refractivity contribution in [2.75, 3.05) is 74.1 Å². The minimum Gasteiger partial charge on any atom is -0.378 e. The Bertz CT molecular complexity index is 767. The molecule has 29 heavy (non-hydrogen) atoms. The lowest BCUT2D eigenvalue weighted by atomic mass is 10.2. The summed E-state index contributed by atoms with van der Waals surface area (Å²) in [6.45, 7) is 8.21. The zero-order chi connectivity index (χ0) is 19.9. The molecule has 2 aromatic rings. The Morgan fingerprint density at radius 3 is 2.10 bits per heavy atom. The van der Waals surface area contributed by atoms with Crippen molar-refractivity contribution in [2.45, 2.75) is 6.42 Å². The molecule has 0 aromatic heterocycles. The van der Waals surface area contributed by atoms with Gasteiger partial charge in [-0.05, 0) is 36.4 Å². The molecule has 0 aliphatic carbocycles. The highest BCUT2D eigenvalue weighted by Crippen LogP contribution is 2.19. The first-order chi connectivity index (χ1) is 14.3. The lowest BCUT2D eigenvalue weighted by molar-refractivity contribution is -0.116. The van der Waals surface area contributed by atoms with Gasteiger partial charge in [-0.3, -0.25) is 9.69 Å². The Morgan fingerprint density at radius 1 is 0.793 bits per heavy atom. The Morgan fingerprint density at radius 2 is 1.41 bits per heavy atom. The van der Waals surface area contributed by atoms with Gasteiger partial charge >= 0.3 is 0 Å². The van der Waals surface area contributed by atoms with E-state index in [0.29, 0.717) is 6.42 Å². The van der Waals surface area contributed by atoms with Gasteiger partial charge in [-0.15, -0.1) is 0 Å². The van der Waals surface area contributed by atoms with Gasteiger partial charge in [-0.2, -0.15) is 0 Å². The number of carbonyl (C=O) groups excluding carboxylic acids is 1. The summed E-state index contributed by atoms with van der Waals surface area (Å²) in [5.74, 6) is 0.0783. The predicted octanol–water partition coefficient (Wildman–Crippen LogP) is 2.67. The summed E-state index contributed by atoms with van der Waals surface area (Å²) in [6.07, 6.45) is 0.524. The van der Waals surface area contributed by atoms with Gasteiger partial charge in [-0.25, -0.2) is 0 Å². The van der Waals surface area contributed by atoms with E-state index in [9.17, 15) is 4.79 Å². The van der Waals surface area contributed by atoms with Crippen LogP contribution < -0.4 is 15.1 Å². The van der Waals surface area contributed by atoms with Crippen LogP contribution in [-0.4, -0.2) is 69.8 Å². The van der Waals surface area contributed by atoms with Crippen molar-refractivity contribution in [1.29, 1.82) is 0 Å². The van der Waals surface area contributed by atoms with Crippen LogP contribution in [0.5, 0.6) is 0 Å². The molecule has 2 fully saturated rings. The van der Waals surface area contributed by atoms with Crippen LogP contribution >= 0.6 is 0 Å². The van der Waals surface area contributed by atoms with Crippen molar-refractivity contribution in [1.82, 2.24) is 4.90 Å². The van der Waals surface area contributed by atoms with Crippen LogP contribution in [0.2, 0.25) is 0 Å². The third kappa shape index (κ3) is 5.49. The number of para-hydroxylation sites is 1. The van der Waals surface area contributed by atoms with E-state index in [0.717, 1.165) is 64.7 Å². The van der Waals surface area contributed by atoms with Gasteiger partial charge in [-0.1, -0.05) is 18.2 Å². The zero-order valence-corrected chi connectivity index (χ0v) is 16.9. The van der Waals surface area contributed by atoms with Crippen LogP contribution in [0.4, 0.5) is 17.1 Å². The van der Waals surface area contributed by atoms with E-state index in [2.05, 4.69) is 62.5 Å². The Kier molecular flexibility index (Phi) is 6.64. The van der Waals surface area contributed by atoms with Crippen LogP contribution in [0.15, 0.2) is 54.6 Å². The highest BCUT2D eigenvalue weighted by molar-refractivity contribution is 5.91. The van der Waals surface area contributed by atoms with Crippen molar-refractivity contribution in [3.8, 4) is 0 Å². The van der Waals surface area contributed by atoms with Crippen LogP contribution in [0.3, 0.4) is 0 Å². The Labute approximate surface area is 173 Å². The van der Waals surface area contributed by atoms with E-state index in [1.807, 2.05) is 12.1 Å². The average Bonchev–Trinajstić information content (AvgIpc) is 2.80. The Hall–Kier alpha value is -2.57. The second-order valence-corrected chi connectivity index (χ2v) is 7.61. The number of nitrogens with zero attached hydrogens (tertiary/aromatic N) is 3. The first-order valence-corrected chi connectivity index (χ1v) is 10.5. The van der Waals surface area contributed by atoms with E-state index in [-0.39, 0.29) is 5.91 Å². The average molecular weight is 395 g/mol. The largest absolute Gasteiger partial charge is 0.378 e. The number of hydrogen-bond acceptors (Lipinski definition) is 5. The summed E-state index contributed by atoms with van der Waals surface area (Å²) >= 11 is 0. The quantitative estimate of drug-likeness (QED) is 0.816. The van der Waals surface area contributed by atoms with Crippen molar-refractivity contribution in [2.24, 2.45) is 0 Å². The SMILES string of the molecule is O=C(CCN1CCN(c2ccccc2)CC1)Nc1ccc(N2CCOCC2)cc1.